The van der Waals surface area contributed by atoms with Crippen LogP contribution in [0.4, 0.5) is 0 Å². The molecule has 0 radical (unpaired) electrons. The van der Waals surface area contributed by atoms with Gasteiger partial charge in [-0.15, -0.1) is 6.58 Å². The van der Waals surface area contributed by atoms with Gasteiger partial charge in [0.1, 0.15) is 11.1 Å². The van der Waals surface area contributed by atoms with Crippen molar-refractivity contribution >= 4 is 11.8 Å². The van der Waals surface area contributed by atoms with Gasteiger partial charge in [0, 0.05) is 6.54 Å². The zero-order chi connectivity index (χ0) is 15.0. The molecule has 106 valence electrons. The largest absolute Gasteiger partial charge is 0.340 e. The molecule has 1 fully saturated rings. The second-order valence-electron chi connectivity index (χ2n) is 5.72. The van der Waals surface area contributed by atoms with Crippen molar-refractivity contribution in [3.05, 3.63) is 48.6 Å². The van der Waals surface area contributed by atoms with Gasteiger partial charge in [-0.25, -0.2) is 0 Å². The van der Waals surface area contributed by atoms with E-state index in [4.69, 9.17) is 0 Å². The molecule has 0 saturated carbocycles. The highest BCUT2D eigenvalue weighted by atomic mass is 16.2. The second-order valence-corrected chi connectivity index (χ2v) is 5.72. The van der Waals surface area contributed by atoms with Crippen molar-refractivity contribution < 1.29 is 9.59 Å². The van der Waals surface area contributed by atoms with Crippen LogP contribution in [0.5, 0.6) is 0 Å². The Morgan fingerprint density at radius 3 is 2.35 bits per heavy atom. The number of piperazine rings is 1. The van der Waals surface area contributed by atoms with E-state index in [1.165, 1.54) is 0 Å². The Morgan fingerprint density at radius 2 is 1.80 bits per heavy atom. The van der Waals surface area contributed by atoms with E-state index >= 15 is 0 Å². The molecule has 0 bridgehead atoms. The van der Waals surface area contributed by atoms with Crippen molar-refractivity contribution in [2.24, 2.45) is 0 Å². The lowest BCUT2D eigenvalue weighted by Gasteiger charge is -2.49. The SMILES string of the molecule is C=CCN1C(=O)C(C)(C)NC(=O)C1(C)c1ccccc1. The molecule has 20 heavy (non-hydrogen) atoms. The fourth-order valence-electron chi connectivity index (χ4n) is 2.57. The van der Waals surface area contributed by atoms with Crippen LogP contribution in [0.1, 0.15) is 26.3 Å². The van der Waals surface area contributed by atoms with Gasteiger partial charge in [0.2, 0.25) is 5.91 Å². The van der Waals surface area contributed by atoms with Crippen LogP contribution in [0.15, 0.2) is 43.0 Å². The molecule has 2 rings (SSSR count). The van der Waals surface area contributed by atoms with Gasteiger partial charge in [0.05, 0.1) is 0 Å². The molecule has 1 aromatic rings. The molecule has 1 aliphatic heterocycles. The van der Waals surface area contributed by atoms with E-state index in [-0.39, 0.29) is 11.8 Å². The van der Waals surface area contributed by atoms with Gasteiger partial charge in [0.15, 0.2) is 0 Å². The minimum Gasteiger partial charge on any atom is -0.340 e. The van der Waals surface area contributed by atoms with Crippen LogP contribution in [-0.4, -0.2) is 28.8 Å². The van der Waals surface area contributed by atoms with E-state index in [9.17, 15) is 9.59 Å². The average molecular weight is 272 g/mol. The summed E-state index contributed by atoms with van der Waals surface area (Å²) >= 11 is 0. The fraction of sp³-hybridized carbons (Fsp3) is 0.375. The third-order valence-corrected chi connectivity index (χ3v) is 3.84. The van der Waals surface area contributed by atoms with Crippen molar-refractivity contribution in [2.75, 3.05) is 6.54 Å². The summed E-state index contributed by atoms with van der Waals surface area (Å²) in [5.41, 5.74) is -1.11. The number of nitrogens with zero attached hydrogens (tertiary/aromatic N) is 1. The molecule has 2 amide bonds. The molecule has 1 saturated heterocycles. The third kappa shape index (κ3) is 2.01. The molecule has 1 aromatic carbocycles. The van der Waals surface area contributed by atoms with Crippen LogP contribution in [0, 0.1) is 0 Å². The number of carbonyl (C=O) groups is 2. The van der Waals surface area contributed by atoms with E-state index < -0.39 is 11.1 Å². The summed E-state index contributed by atoms with van der Waals surface area (Å²) in [5, 5.41) is 2.82. The number of rotatable bonds is 3. The lowest BCUT2D eigenvalue weighted by Crippen LogP contribution is -2.71. The Bertz CT molecular complexity index is 551. The van der Waals surface area contributed by atoms with Crippen molar-refractivity contribution in [3.63, 3.8) is 0 Å². The predicted molar refractivity (Wildman–Crippen MR) is 77.9 cm³/mol. The number of hydrogen-bond acceptors (Lipinski definition) is 2. The summed E-state index contributed by atoms with van der Waals surface area (Å²) in [5.74, 6) is -0.279. The van der Waals surface area contributed by atoms with Crippen LogP contribution in [-0.2, 0) is 15.1 Å². The highest BCUT2D eigenvalue weighted by Crippen LogP contribution is 2.34. The molecule has 1 heterocycles. The van der Waals surface area contributed by atoms with Gasteiger partial charge in [-0.1, -0.05) is 36.4 Å². The van der Waals surface area contributed by atoms with Gasteiger partial charge in [-0.05, 0) is 26.3 Å². The summed E-state index contributed by atoms with van der Waals surface area (Å²) in [6.45, 7) is 9.23. The van der Waals surface area contributed by atoms with Crippen molar-refractivity contribution in [2.45, 2.75) is 31.8 Å². The Morgan fingerprint density at radius 1 is 1.20 bits per heavy atom. The minimum absolute atomic E-state index is 0.108. The van der Waals surface area contributed by atoms with Crippen molar-refractivity contribution in [1.29, 1.82) is 0 Å². The maximum Gasteiger partial charge on any atom is 0.251 e. The molecule has 0 aliphatic carbocycles. The Labute approximate surface area is 119 Å². The molecule has 1 aliphatic rings. The van der Waals surface area contributed by atoms with Gasteiger partial charge < -0.3 is 10.2 Å². The van der Waals surface area contributed by atoms with Gasteiger partial charge in [0.25, 0.3) is 5.91 Å². The van der Waals surface area contributed by atoms with Gasteiger partial charge in [-0.2, -0.15) is 0 Å². The highest BCUT2D eigenvalue weighted by molar-refractivity contribution is 6.02. The molecule has 0 spiro atoms. The first kappa shape index (κ1) is 14.3. The van der Waals surface area contributed by atoms with Gasteiger partial charge >= 0.3 is 0 Å². The molecule has 1 N–H and O–H groups in total. The molecule has 0 aromatic heterocycles. The van der Waals surface area contributed by atoms with Crippen LogP contribution in [0.25, 0.3) is 0 Å². The first-order valence-corrected chi connectivity index (χ1v) is 6.65. The maximum absolute atomic E-state index is 12.6. The van der Waals surface area contributed by atoms with E-state index in [0.717, 1.165) is 5.56 Å². The molecular formula is C16H20N2O2. The smallest absolute Gasteiger partial charge is 0.251 e. The summed E-state index contributed by atoms with van der Waals surface area (Å²) in [4.78, 5) is 26.8. The van der Waals surface area contributed by atoms with Gasteiger partial charge in [-0.3, -0.25) is 9.59 Å². The third-order valence-electron chi connectivity index (χ3n) is 3.84. The van der Waals surface area contributed by atoms with Crippen LogP contribution in [0.3, 0.4) is 0 Å². The first-order valence-electron chi connectivity index (χ1n) is 6.65. The monoisotopic (exact) mass is 272 g/mol. The highest BCUT2D eigenvalue weighted by Gasteiger charge is 2.53. The summed E-state index contributed by atoms with van der Waals surface area (Å²) in [7, 11) is 0. The van der Waals surface area contributed by atoms with E-state index in [1.54, 1.807) is 31.7 Å². The Kier molecular flexibility index (Phi) is 3.42. The van der Waals surface area contributed by atoms with Crippen LogP contribution < -0.4 is 5.32 Å². The van der Waals surface area contributed by atoms with Crippen LogP contribution in [0.2, 0.25) is 0 Å². The number of hydrogen-bond donors (Lipinski definition) is 1. The minimum atomic E-state index is -1.01. The van der Waals surface area contributed by atoms with Crippen LogP contribution >= 0.6 is 0 Å². The van der Waals surface area contributed by atoms with E-state index in [2.05, 4.69) is 11.9 Å². The maximum atomic E-state index is 12.6. The summed E-state index contributed by atoms with van der Waals surface area (Å²) in [6, 6.07) is 9.34. The Hall–Kier alpha value is -2.10. The molecule has 1 atom stereocenters. The predicted octanol–water partition coefficient (Wildman–Crippen LogP) is 1.82. The standard InChI is InChI=1S/C16H20N2O2/c1-5-11-18-14(20)15(2,3)17-13(19)16(18,4)12-9-7-6-8-10-12/h5-10H,1,11H2,2-4H3,(H,17,19). The van der Waals surface area contributed by atoms with Crippen molar-refractivity contribution in [1.82, 2.24) is 10.2 Å². The molecule has 4 heteroatoms. The number of carbonyl (C=O) groups excluding carboxylic acids is 2. The topological polar surface area (TPSA) is 49.4 Å². The molecular weight excluding hydrogens is 252 g/mol. The average Bonchev–Trinajstić information content (AvgIpc) is 2.42. The number of benzene rings is 1. The zero-order valence-corrected chi connectivity index (χ0v) is 12.1. The Balaban J connectivity index is 2.57. The number of nitrogens with one attached hydrogen (secondary N) is 1. The summed E-state index contributed by atoms with van der Waals surface area (Å²) in [6.07, 6.45) is 1.65. The summed E-state index contributed by atoms with van der Waals surface area (Å²) < 4.78 is 0. The molecule has 4 nitrogen and oxygen atoms in total. The lowest BCUT2D eigenvalue weighted by atomic mass is 9.83. The zero-order valence-electron chi connectivity index (χ0n) is 12.1. The second kappa shape index (κ2) is 4.78. The molecule has 1 unspecified atom stereocenters. The fourth-order valence-corrected chi connectivity index (χ4v) is 2.57. The lowest BCUT2D eigenvalue weighted by molar-refractivity contribution is -0.160. The normalized spacial score (nSPS) is 25.2. The van der Waals surface area contributed by atoms with E-state index in [0.29, 0.717) is 6.54 Å². The first-order chi connectivity index (χ1) is 9.34. The quantitative estimate of drug-likeness (QED) is 0.853. The van der Waals surface area contributed by atoms with E-state index in [1.807, 2.05) is 30.3 Å². The number of amides is 2. The van der Waals surface area contributed by atoms with Crippen molar-refractivity contribution in [3.8, 4) is 0 Å².